The van der Waals surface area contributed by atoms with E-state index in [0.717, 1.165) is 5.69 Å². The minimum Gasteiger partial charge on any atom is -0.327 e. The highest BCUT2D eigenvalue weighted by molar-refractivity contribution is 5.95. The lowest BCUT2D eigenvalue weighted by atomic mass is 10.0. The molecule has 0 saturated carbocycles. The molecule has 16 heavy (non-hydrogen) atoms. The molecule has 1 aromatic heterocycles. The molecule has 0 saturated heterocycles. The third kappa shape index (κ3) is 2.79. The van der Waals surface area contributed by atoms with Crippen molar-refractivity contribution in [1.29, 1.82) is 0 Å². The van der Waals surface area contributed by atoms with Crippen molar-refractivity contribution in [2.24, 2.45) is 11.7 Å². The van der Waals surface area contributed by atoms with Gasteiger partial charge in [0.15, 0.2) is 0 Å². The zero-order valence-electron chi connectivity index (χ0n) is 10.1. The summed E-state index contributed by atoms with van der Waals surface area (Å²) in [6, 6.07) is 3.52. The summed E-state index contributed by atoms with van der Waals surface area (Å²) in [5.74, 6) is -0.114. The maximum atomic E-state index is 12.1. The maximum absolute atomic E-state index is 12.1. The van der Waals surface area contributed by atoms with E-state index in [-0.39, 0.29) is 17.9 Å². The number of pyridine rings is 1. The minimum absolute atomic E-state index is 0.0590. The number of hydrogen-bond donors (Lipinski definition) is 1. The molecule has 0 fully saturated rings. The van der Waals surface area contributed by atoms with Gasteiger partial charge in [0.25, 0.3) is 0 Å². The van der Waals surface area contributed by atoms with E-state index in [1.807, 2.05) is 32.9 Å². The average molecular weight is 221 g/mol. The summed E-state index contributed by atoms with van der Waals surface area (Å²) in [6.07, 6.45) is 3.36. The van der Waals surface area contributed by atoms with Crippen LogP contribution in [0.1, 0.15) is 20.8 Å². The van der Waals surface area contributed by atoms with Crippen LogP contribution in [0.5, 0.6) is 0 Å². The largest absolute Gasteiger partial charge is 0.327 e. The molecule has 2 atom stereocenters. The number of rotatable bonds is 4. The van der Waals surface area contributed by atoms with Gasteiger partial charge in [0.1, 0.15) is 0 Å². The van der Waals surface area contributed by atoms with Crippen LogP contribution in [-0.2, 0) is 4.79 Å². The molecule has 0 aliphatic rings. The quantitative estimate of drug-likeness (QED) is 0.836. The second-order valence-electron chi connectivity index (χ2n) is 3.94. The summed E-state index contributed by atoms with van der Waals surface area (Å²) >= 11 is 0. The highest BCUT2D eigenvalue weighted by atomic mass is 16.2. The van der Waals surface area contributed by atoms with Crippen molar-refractivity contribution >= 4 is 11.6 Å². The zero-order chi connectivity index (χ0) is 12.1. The molecule has 1 amide bonds. The van der Waals surface area contributed by atoms with Gasteiger partial charge in [-0.3, -0.25) is 9.78 Å². The number of aromatic nitrogens is 1. The van der Waals surface area contributed by atoms with E-state index < -0.39 is 0 Å². The van der Waals surface area contributed by atoms with Crippen LogP contribution in [0.25, 0.3) is 0 Å². The van der Waals surface area contributed by atoms with Crippen molar-refractivity contribution in [3.8, 4) is 0 Å². The second kappa shape index (κ2) is 5.61. The Balaban J connectivity index is 2.87. The lowest BCUT2D eigenvalue weighted by Gasteiger charge is -2.26. The Morgan fingerprint density at radius 2 is 2.00 bits per heavy atom. The monoisotopic (exact) mass is 221 g/mol. The van der Waals surface area contributed by atoms with E-state index in [9.17, 15) is 4.79 Å². The first-order valence-electron chi connectivity index (χ1n) is 5.55. The molecule has 2 unspecified atom stereocenters. The predicted molar refractivity (Wildman–Crippen MR) is 65.1 cm³/mol. The summed E-state index contributed by atoms with van der Waals surface area (Å²) in [5, 5.41) is 0. The minimum atomic E-state index is -0.173. The van der Waals surface area contributed by atoms with Crippen molar-refractivity contribution in [2.75, 3.05) is 11.4 Å². The molecule has 0 spiro atoms. The smallest absolute Gasteiger partial charge is 0.231 e. The molecule has 0 aliphatic heterocycles. The van der Waals surface area contributed by atoms with Crippen molar-refractivity contribution in [3.63, 3.8) is 0 Å². The molecule has 2 N–H and O–H groups in total. The van der Waals surface area contributed by atoms with Crippen LogP contribution in [0.4, 0.5) is 5.69 Å². The zero-order valence-corrected chi connectivity index (χ0v) is 10.1. The highest BCUT2D eigenvalue weighted by Gasteiger charge is 2.23. The van der Waals surface area contributed by atoms with Gasteiger partial charge in [-0.1, -0.05) is 6.92 Å². The molecule has 88 valence electrons. The lowest BCUT2D eigenvalue weighted by Crippen LogP contribution is -2.41. The number of carbonyl (C=O) groups excluding carboxylic acids is 1. The number of amides is 1. The molecule has 4 heteroatoms. The fraction of sp³-hybridized carbons (Fsp3) is 0.500. The fourth-order valence-corrected chi connectivity index (χ4v) is 1.46. The van der Waals surface area contributed by atoms with Crippen LogP contribution in [0.15, 0.2) is 24.5 Å². The predicted octanol–water partition coefficient (Wildman–Crippen LogP) is 1.42. The van der Waals surface area contributed by atoms with Crippen molar-refractivity contribution in [1.82, 2.24) is 4.98 Å². The van der Waals surface area contributed by atoms with Gasteiger partial charge in [-0.25, -0.2) is 0 Å². The molecular formula is C12H19N3O. The van der Waals surface area contributed by atoms with E-state index in [2.05, 4.69) is 4.98 Å². The van der Waals surface area contributed by atoms with Crippen LogP contribution in [0.3, 0.4) is 0 Å². The van der Waals surface area contributed by atoms with Crippen LogP contribution in [-0.4, -0.2) is 23.5 Å². The number of anilines is 1. The van der Waals surface area contributed by atoms with Gasteiger partial charge in [0, 0.05) is 30.7 Å². The summed E-state index contributed by atoms with van der Waals surface area (Å²) in [4.78, 5) is 17.8. The second-order valence-corrected chi connectivity index (χ2v) is 3.94. The van der Waals surface area contributed by atoms with Crippen molar-refractivity contribution in [3.05, 3.63) is 24.5 Å². The van der Waals surface area contributed by atoms with E-state index in [4.69, 9.17) is 5.73 Å². The van der Waals surface area contributed by atoms with Crippen LogP contribution in [0, 0.1) is 5.92 Å². The fourth-order valence-electron chi connectivity index (χ4n) is 1.46. The lowest BCUT2D eigenvalue weighted by molar-refractivity contribution is -0.122. The Labute approximate surface area is 96.5 Å². The van der Waals surface area contributed by atoms with Crippen LogP contribution in [0.2, 0.25) is 0 Å². The summed E-state index contributed by atoms with van der Waals surface area (Å²) in [7, 11) is 0. The standard InChI is InChI=1S/C12H19N3O/c1-4-15(11-5-7-14-8-6-11)12(16)9(2)10(3)13/h5-10H,4,13H2,1-3H3. The third-order valence-electron chi connectivity index (χ3n) is 2.73. The van der Waals surface area contributed by atoms with E-state index in [0.29, 0.717) is 6.54 Å². The molecule has 1 heterocycles. The molecule has 0 aliphatic carbocycles. The number of nitrogens with two attached hydrogens (primary N) is 1. The first-order valence-corrected chi connectivity index (χ1v) is 5.55. The molecule has 1 aromatic rings. The summed E-state index contributed by atoms with van der Waals surface area (Å²) < 4.78 is 0. The maximum Gasteiger partial charge on any atom is 0.231 e. The first kappa shape index (κ1) is 12.6. The summed E-state index contributed by atoms with van der Waals surface area (Å²) in [5.41, 5.74) is 6.62. The van der Waals surface area contributed by atoms with Crippen molar-refractivity contribution < 1.29 is 4.79 Å². The van der Waals surface area contributed by atoms with Gasteiger partial charge in [0.05, 0.1) is 5.92 Å². The molecule has 0 aromatic carbocycles. The van der Waals surface area contributed by atoms with E-state index in [1.165, 1.54) is 0 Å². The summed E-state index contributed by atoms with van der Waals surface area (Å²) in [6.45, 7) is 6.30. The first-order chi connectivity index (χ1) is 7.57. The molecular weight excluding hydrogens is 202 g/mol. The van der Waals surface area contributed by atoms with Gasteiger partial charge in [-0.15, -0.1) is 0 Å². The van der Waals surface area contributed by atoms with Gasteiger partial charge >= 0.3 is 0 Å². The highest BCUT2D eigenvalue weighted by Crippen LogP contribution is 2.16. The normalized spacial score (nSPS) is 14.2. The van der Waals surface area contributed by atoms with Crippen molar-refractivity contribution in [2.45, 2.75) is 26.8 Å². The topological polar surface area (TPSA) is 59.2 Å². The average Bonchev–Trinajstić information content (AvgIpc) is 2.30. The molecule has 0 radical (unpaired) electrons. The molecule has 4 nitrogen and oxygen atoms in total. The van der Waals surface area contributed by atoms with E-state index in [1.54, 1.807) is 17.3 Å². The SMILES string of the molecule is CCN(C(=O)C(C)C(C)N)c1ccncc1. The third-order valence-corrected chi connectivity index (χ3v) is 2.73. The molecule has 0 bridgehead atoms. The Bertz CT molecular complexity index is 337. The Kier molecular flexibility index (Phi) is 4.43. The van der Waals surface area contributed by atoms with Gasteiger partial charge < -0.3 is 10.6 Å². The van der Waals surface area contributed by atoms with Gasteiger partial charge in [0.2, 0.25) is 5.91 Å². The Hall–Kier alpha value is -1.42. The van der Waals surface area contributed by atoms with Crippen LogP contribution >= 0.6 is 0 Å². The van der Waals surface area contributed by atoms with Gasteiger partial charge in [-0.2, -0.15) is 0 Å². The molecule has 1 rings (SSSR count). The van der Waals surface area contributed by atoms with Gasteiger partial charge in [-0.05, 0) is 26.0 Å². The van der Waals surface area contributed by atoms with Crippen LogP contribution < -0.4 is 10.6 Å². The number of hydrogen-bond acceptors (Lipinski definition) is 3. The Morgan fingerprint density at radius 3 is 2.44 bits per heavy atom. The Morgan fingerprint density at radius 1 is 1.44 bits per heavy atom. The number of nitrogens with zero attached hydrogens (tertiary/aromatic N) is 2. The van der Waals surface area contributed by atoms with E-state index >= 15 is 0 Å². The number of carbonyl (C=O) groups is 1.